The zero-order valence-electron chi connectivity index (χ0n) is 31.7. The first-order valence-electron chi connectivity index (χ1n) is 19.5. The topological polar surface area (TPSA) is 107 Å². The number of fused-ring (bicyclic) bond motifs is 7. The SMILES string of the molecule is C=CC.CCN(CCNC(=O)C12CCCC1C1CCC3C(C)(CCC4C(C)(C)C(c5ccc(C(=O)O)cc5)=CCC43C)C1CC2)CCC(=O)O. The van der Waals surface area contributed by atoms with Crippen LogP contribution < -0.4 is 5.32 Å². The van der Waals surface area contributed by atoms with Gasteiger partial charge in [0.05, 0.1) is 17.4 Å². The zero-order valence-corrected chi connectivity index (χ0v) is 31.7. The zero-order chi connectivity index (χ0) is 36.5. The number of carboxylic acid groups (broad SMARTS) is 2. The number of benzene rings is 1. The summed E-state index contributed by atoms with van der Waals surface area (Å²) in [7, 11) is 0. The number of aromatic carboxylic acids is 1. The van der Waals surface area contributed by atoms with E-state index in [1.54, 1.807) is 18.2 Å². The van der Waals surface area contributed by atoms with Gasteiger partial charge in [-0.3, -0.25) is 9.59 Å². The molecule has 4 saturated carbocycles. The van der Waals surface area contributed by atoms with Crippen LogP contribution in [0.4, 0.5) is 0 Å². The molecule has 276 valence electrons. The molecule has 0 bridgehead atoms. The van der Waals surface area contributed by atoms with Crippen molar-refractivity contribution in [2.24, 2.45) is 51.2 Å². The van der Waals surface area contributed by atoms with Crippen molar-refractivity contribution in [3.63, 3.8) is 0 Å². The van der Waals surface area contributed by atoms with E-state index in [2.05, 4.69) is 50.6 Å². The Morgan fingerprint density at radius 3 is 2.24 bits per heavy atom. The van der Waals surface area contributed by atoms with E-state index in [4.69, 9.17) is 5.11 Å². The number of nitrogens with one attached hydrogen (secondary N) is 1. The number of hydrogen-bond acceptors (Lipinski definition) is 4. The Balaban J connectivity index is 0.00000156. The summed E-state index contributed by atoms with van der Waals surface area (Å²) in [4.78, 5) is 38.7. The number of amides is 1. The maximum absolute atomic E-state index is 14.0. The quantitative estimate of drug-likeness (QED) is 0.212. The highest BCUT2D eigenvalue weighted by atomic mass is 16.4. The second kappa shape index (κ2) is 15.0. The molecule has 1 amide bonds. The lowest BCUT2D eigenvalue weighted by molar-refractivity contribution is -0.181. The molecule has 0 spiro atoms. The van der Waals surface area contributed by atoms with Crippen molar-refractivity contribution < 1.29 is 24.6 Å². The molecule has 7 nitrogen and oxygen atoms in total. The molecule has 0 aromatic heterocycles. The van der Waals surface area contributed by atoms with Gasteiger partial charge in [-0.25, -0.2) is 4.79 Å². The van der Waals surface area contributed by atoms with Gasteiger partial charge in [0.1, 0.15) is 0 Å². The molecule has 0 saturated heterocycles. The molecule has 3 N–H and O–H groups in total. The lowest BCUT2D eigenvalue weighted by atomic mass is 9.36. The summed E-state index contributed by atoms with van der Waals surface area (Å²) in [6, 6.07) is 7.50. The van der Waals surface area contributed by atoms with E-state index < -0.39 is 11.9 Å². The van der Waals surface area contributed by atoms with Crippen LogP contribution in [0, 0.1) is 51.2 Å². The van der Waals surface area contributed by atoms with Crippen molar-refractivity contribution in [3.05, 3.63) is 54.1 Å². The smallest absolute Gasteiger partial charge is 0.335 e. The number of nitrogens with zero attached hydrogens (tertiary/aromatic N) is 1. The Morgan fingerprint density at radius 2 is 1.60 bits per heavy atom. The highest BCUT2D eigenvalue weighted by Gasteiger charge is 2.66. The third-order valence-corrected chi connectivity index (χ3v) is 14.8. The van der Waals surface area contributed by atoms with Crippen molar-refractivity contribution >= 4 is 23.4 Å². The molecule has 1 aromatic carbocycles. The first kappa shape index (κ1) is 38.3. The van der Waals surface area contributed by atoms with Crippen molar-refractivity contribution in [2.45, 2.75) is 112 Å². The number of hydrogen-bond donors (Lipinski definition) is 3. The Kier molecular flexibility index (Phi) is 11.5. The number of carbonyl (C=O) groups is 3. The van der Waals surface area contributed by atoms with E-state index in [1.807, 2.05) is 26.0 Å². The summed E-state index contributed by atoms with van der Waals surface area (Å²) in [5, 5.41) is 21.9. The van der Waals surface area contributed by atoms with Gasteiger partial charge in [-0.1, -0.05) is 65.3 Å². The van der Waals surface area contributed by atoms with E-state index >= 15 is 0 Å². The van der Waals surface area contributed by atoms with E-state index in [9.17, 15) is 19.5 Å². The molecule has 0 heterocycles. The van der Waals surface area contributed by atoms with Gasteiger partial charge >= 0.3 is 11.9 Å². The number of allylic oxidation sites excluding steroid dienone is 3. The highest BCUT2D eigenvalue weighted by molar-refractivity contribution is 5.88. The Bertz CT molecular complexity index is 1450. The van der Waals surface area contributed by atoms with Gasteiger partial charge in [0.2, 0.25) is 5.91 Å². The maximum atomic E-state index is 14.0. The average molecular weight is 689 g/mol. The number of likely N-dealkylation sites (N-methyl/N-ethyl adjacent to an activating group) is 1. The van der Waals surface area contributed by atoms with Gasteiger partial charge in [-0.15, -0.1) is 6.58 Å². The van der Waals surface area contributed by atoms with Crippen molar-refractivity contribution in [1.82, 2.24) is 10.2 Å². The van der Waals surface area contributed by atoms with Crippen LogP contribution in [0.25, 0.3) is 5.57 Å². The minimum Gasteiger partial charge on any atom is -0.481 e. The van der Waals surface area contributed by atoms with Crippen LogP contribution in [0.15, 0.2) is 43.0 Å². The first-order valence-corrected chi connectivity index (χ1v) is 19.5. The van der Waals surface area contributed by atoms with E-state index in [0.717, 1.165) is 44.2 Å². The third-order valence-electron chi connectivity index (χ3n) is 14.8. The minimum absolute atomic E-state index is 0.00214. The fraction of sp³-hybridized carbons (Fsp3) is 0.698. The lowest BCUT2D eigenvalue weighted by Crippen LogP contribution is -2.62. The van der Waals surface area contributed by atoms with E-state index in [-0.39, 0.29) is 34.0 Å². The van der Waals surface area contributed by atoms with Crippen molar-refractivity contribution in [2.75, 3.05) is 26.2 Å². The maximum Gasteiger partial charge on any atom is 0.335 e. The van der Waals surface area contributed by atoms with Gasteiger partial charge in [0, 0.05) is 19.6 Å². The molecule has 50 heavy (non-hydrogen) atoms. The standard InChI is InChI=1S/C40H58N2O5.C3H6/c1-6-42(24-18-34(43)44)25-23-41-36(47)40-19-7-8-31(40)28-13-14-33-38(4,30(28)16-22-40)21-17-32-37(2,3)29(15-20-39(32,33)5)26-9-11-27(12-10-26)35(45)46;1-3-2/h9-12,15,28,30-33H,6-8,13-14,16-25H2,1-5H3,(H,41,47)(H,43,44)(H,45,46);3H,1H2,2H3. The molecule has 5 aliphatic carbocycles. The van der Waals surface area contributed by atoms with Crippen LogP contribution in [-0.2, 0) is 9.59 Å². The molecule has 7 heteroatoms. The van der Waals surface area contributed by atoms with Crippen LogP contribution in [0.3, 0.4) is 0 Å². The van der Waals surface area contributed by atoms with E-state index in [1.165, 1.54) is 37.7 Å². The average Bonchev–Trinajstić information content (AvgIpc) is 3.52. The summed E-state index contributed by atoms with van der Waals surface area (Å²) in [6.07, 6.45) is 15.9. The molecule has 0 radical (unpaired) electrons. The molecule has 4 fully saturated rings. The van der Waals surface area contributed by atoms with Crippen LogP contribution in [-0.4, -0.2) is 59.1 Å². The number of carbonyl (C=O) groups excluding carboxylic acids is 1. The normalized spacial score (nSPS) is 35.2. The van der Waals surface area contributed by atoms with E-state index in [0.29, 0.717) is 54.8 Å². The Morgan fingerprint density at radius 1 is 0.900 bits per heavy atom. The number of rotatable bonds is 10. The molecular formula is C43H64N2O5. The molecule has 0 aliphatic heterocycles. The summed E-state index contributed by atoms with van der Waals surface area (Å²) < 4.78 is 0. The Labute approximate surface area is 301 Å². The fourth-order valence-corrected chi connectivity index (χ4v) is 12.7. The molecule has 6 rings (SSSR count). The molecule has 5 aliphatic rings. The van der Waals surface area contributed by atoms with Crippen LogP contribution in [0.5, 0.6) is 0 Å². The molecule has 8 atom stereocenters. The monoisotopic (exact) mass is 688 g/mol. The number of carboxylic acids is 2. The second-order valence-corrected chi connectivity index (χ2v) is 17.4. The van der Waals surface area contributed by atoms with Crippen LogP contribution in [0.2, 0.25) is 0 Å². The second-order valence-electron chi connectivity index (χ2n) is 17.4. The molecule has 1 aromatic rings. The van der Waals surface area contributed by atoms with Gasteiger partial charge in [-0.05, 0) is 140 Å². The predicted octanol–water partition coefficient (Wildman–Crippen LogP) is 8.95. The van der Waals surface area contributed by atoms with Crippen LogP contribution in [0.1, 0.15) is 128 Å². The summed E-state index contributed by atoms with van der Waals surface area (Å²) in [5.41, 5.74) is 3.15. The largest absolute Gasteiger partial charge is 0.481 e. The summed E-state index contributed by atoms with van der Waals surface area (Å²) in [6.45, 7) is 20.0. The Hall–Kier alpha value is -2.93. The third kappa shape index (κ3) is 6.73. The van der Waals surface area contributed by atoms with Gasteiger partial charge in [-0.2, -0.15) is 0 Å². The molecule has 8 unspecified atom stereocenters. The van der Waals surface area contributed by atoms with Crippen molar-refractivity contribution in [1.29, 1.82) is 0 Å². The van der Waals surface area contributed by atoms with Gasteiger partial charge in [0.25, 0.3) is 0 Å². The predicted molar refractivity (Wildman–Crippen MR) is 201 cm³/mol. The van der Waals surface area contributed by atoms with Gasteiger partial charge < -0.3 is 20.4 Å². The highest BCUT2D eigenvalue weighted by Crippen LogP contribution is 2.73. The van der Waals surface area contributed by atoms with Crippen LogP contribution >= 0.6 is 0 Å². The first-order chi connectivity index (χ1) is 23.7. The molecular weight excluding hydrogens is 624 g/mol. The lowest BCUT2D eigenvalue weighted by Gasteiger charge is -2.68. The number of aliphatic carboxylic acids is 1. The minimum atomic E-state index is -0.880. The summed E-state index contributed by atoms with van der Waals surface area (Å²) >= 11 is 0. The summed E-state index contributed by atoms with van der Waals surface area (Å²) in [5.74, 6) is 1.61. The fourth-order valence-electron chi connectivity index (χ4n) is 12.7. The van der Waals surface area contributed by atoms with Crippen molar-refractivity contribution in [3.8, 4) is 0 Å². The van der Waals surface area contributed by atoms with Gasteiger partial charge in [0.15, 0.2) is 0 Å².